The molecule has 19 heavy (non-hydrogen) atoms. The van der Waals surface area contributed by atoms with Crippen molar-refractivity contribution in [2.75, 3.05) is 17.2 Å². The van der Waals surface area contributed by atoms with Crippen LogP contribution in [0.4, 0.5) is 5.69 Å². The second-order valence-corrected chi connectivity index (χ2v) is 7.14. The highest BCUT2D eigenvalue weighted by atomic mass is 32.2. The fourth-order valence-electron chi connectivity index (χ4n) is 1.57. The van der Waals surface area contributed by atoms with Gasteiger partial charge in [0.1, 0.15) is 0 Å². The number of hydrogen-bond acceptors (Lipinski definition) is 5. The minimum absolute atomic E-state index is 0.0563. The molecule has 4 nitrogen and oxygen atoms in total. The van der Waals surface area contributed by atoms with Crippen LogP contribution in [-0.2, 0) is 9.84 Å². The molecule has 2 aromatic rings. The van der Waals surface area contributed by atoms with E-state index in [0.717, 1.165) is 4.90 Å². The van der Waals surface area contributed by atoms with Crippen LogP contribution in [0, 0.1) is 0 Å². The molecule has 0 aliphatic rings. The summed E-state index contributed by atoms with van der Waals surface area (Å²) in [6, 6.07) is 11.1. The molecular formula is C13H14N2O2S2. The molecule has 0 fully saturated rings. The lowest BCUT2D eigenvalue weighted by Crippen LogP contribution is -2.11. The van der Waals surface area contributed by atoms with Crippen molar-refractivity contribution in [2.45, 2.75) is 9.79 Å². The van der Waals surface area contributed by atoms with Crippen molar-refractivity contribution in [3.05, 3.63) is 48.8 Å². The van der Waals surface area contributed by atoms with E-state index in [4.69, 9.17) is 5.73 Å². The Morgan fingerprint density at radius 1 is 1.16 bits per heavy atom. The molecule has 0 saturated carbocycles. The number of hydrogen-bond donors (Lipinski definition) is 1. The van der Waals surface area contributed by atoms with E-state index in [0.29, 0.717) is 5.75 Å². The molecule has 0 aliphatic heterocycles. The molecule has 0 aliphatic carbocycles. The highest BCUT2D eigenvalue weighted by Crippen LogP contribution is 2.21. The molecule has 0 bridgehead atoms. The van der Waals surface area contributed by atoms with Crippen LogP contribution in [-0.4, -0.2) is 24.9 Å². The first kappa shape index (κ1) is 13.9. The molecular weight excluding hydrogens is 280 g/mol. The number of nitrogens with two attached hydrogens (primary N) is 1. The Kier molecular flexibility index (Phi) is 4.44. The molecule has 2 rings (SSSR count). The van der Waals surface area contributed by atoms with E-state index >= 15 is 0 Å². The predicted molar refractivity (Wildman–Crippen MR) is 77.9 cm³/mol. The average Bonchev–Trinajstić information content (AvgIpc) is 2.40. The number of aromatic nitrogens is 1. The van der Waals surface area contributed by atoms with E-state index in [1.165, 1.54) is 30.2 Å². The van der Waals surface area contributed by atoms with E-state index in [9.17, 15) is 8.42 Å². The maximum Gasteiger partial charge on any atom is 0.181 e. The fourth-order valence-corrected chi connectivity index (χ4v) is 4.27. The Morgan fingerprint density at radius 3 is 2.58 bits per heavy atom. The molecule has 6 heteroatoms. The van der Waals surface area contributed by atoms with Gasteiger partial charge in [-0.2, -0.15) is 0 Å². The van der Waals surface area contributed by atoms with E-state index in [1.807, 2.05) is 30.3 Å². The summed E-state index contributed by atoms with van der Waals surface area (Å²) in [7, 11) is -3.35. The van der Waals surface area contributed by atoms with Crippen LogP contribution >= 0.6 is 11.8 Å². The van der Waals surface area contributed by atoms with Crippen molar-refractivity contribution in [1.82, 2.24) is 4.98 Å². The summed E-state index contributed by atoms with van der Waals surface area (Å²) in [5.74, 6) is 0.550. The van der Waals surface area contributed by atoms with Gasteiger partial charge in [0.2, 0.25) is 0 Å². The number of anilines is 1. The summed E-state index contributed by atoms with van der Waals surface area (Å²) in [5, 5.41) is 0. The van der Waals surface area contributed by atoms with Crippen molar-refractivity contribution in [3.8, 4) is 0 Å². The number of nitrogens with zero attached hydrogens (tertiary/aromatic N) is 1. The van der Waals surface area contributed by atoms with E-state index in [-0.39, 0.29) is 16.3 Å². The Labute approximate surface area is 117 Å². The topological polar surface area (TPSA) is 73.0 Å². The fraction of sp³-hybridized carbons (Fsp3) is 0.154. The lowest BCUT2D eigenvalue weighted by atomic mass is 10.4. The van der Waals surface area contributed by atoms with E-state index in [2.05, 4.69) is 4.98 Å². The Bertz CT molecular complexity index is 643. The average molecular weight is 294 g/mol. The second kappa shape index (κ2) is 6.08. The summed E-state index contributed by atoms with van der Waals surface area (Å²) < 4.78 is 24.2. The zero-order valence-electron chi connectivity index (χ0n) is 10.2. The first-order valence-electron chi connectivity index (χ1n) is 5.70. The van der Waals surface area contributed by atoms with Crippen LogP contribution in [0.3, 0.4) is 0 Å². The van der Waals surface area contributed by atoms with Crippen molar-refractivity contribution in [3.63, 3.8) is 0 Å². The third-order valence-electron chi connectivity index (χ3n) is 2.51. The Morgan fingerprint density at radius 2 is 1.89 bits per heavy atom. The Balaban J connectivity index is 2.01. The first-order valence-corrected chi connectivity index (χ1v) is 8.33. The van der Waals surface area contributed by atoms with Gasteiger partial charge in [-0.25, -0.2) is 8.42 Å². The summed E-state index contributed by atoms with van der Waals surface area (Å²) >= 11 is 1.51. The minimum atomic E-state index is -3.35. The van der Waals surface area contributed by atoms with Crippen LogP contribution in [0.2, 0.25) is 0 Å². The number of benzene rings is 1. The van der Waals surface area contributed by atoms with Crippen LogP contribution in [0.1, 0.15) is 0 Å². The van der Waals surface area contributed by atoms with Gasteiger partial charge in [-0.3, -0.25) is 4.98 Å². The summed E-state index contributed by atoms with van der Waals surface area (Å²) in [4.78, 5) is 5.01. The highest BCUT2D eigenvalue weighted by molar-refractivity contribution is 8.00. The van der Waals surface area contributed by atoms with Gasteiger partial charge in [0.15, 0.2) is 9.84 Å². The van der Waals surface area contributed by atoms with Gasteiger partial charge in [-0.1, -0.05) is 18.2 Å². The molecule has 1 aromatic carbocycles. The lowest BCUT2D eigenvalue weighted by molar-refractivity contribution is 0.598. The maximum atomic E-state index is 12.1. The van der Waals surface area contributed by atoms with Crippen LogP contribution in [0.25, 0.3) is 0 Å². The van der Waals surface area contributed by atoms with Gasteiger partial charge in [0, 0.05) is 16.8 Å². The second-order valence-electron chi connectivity index (χ2n) is 3.89. The third kappa shape index (κ3) is 3.71. The lowest BCUT2D eigenvalue weighted by Gasteiger charge is -2.06. The van der Waals surface area contributed by atoms with Crippen molar-refractivity contribution in [1.29, 1.82) is 0 Å². The normalized spacial score (nSPS) is 11.4. The van der Waals surface area contributed by atoms with Gasteiger partial charge in [-0.05, 0) is 18.2 Å². The highest BCUT2D eigenvalue weighted by Gasteiger charge is 2.17. The zero-order valence-corrected chi connectivity index (χ0v) is 11.8. The first-order chi connectivity index (χ1) is 9.09. The van der Waals surface area contributed by atoms with Gasteiger partial charge in [0.25, 0.3) is 0 Å². The SMILES string of the molecule is Nc1cnccc1S(=O)(=O)CCSc1ccccc1. The molecule has 0 spiro atoms. The zero-order chi connectivity index (χ0) is 13.7. The number of pyridine rings is 1. The molecule has 100 valence electrons. The number of nitrogen functional groups attached to an aromatic ring is 1. The standard InChI is InChI=1S/C13H14N2O2S2/c14-12-10-15-7-6-13(12)19(16,17)9-8-18-11-4-2-1-3-5-11/h1-7,10H,8-9,14H2. The third-order valence-corrected chi connectivity index (χ3v) is 5.56. The predicted octanol–water partition coefficient (Wildman–Crippen LogP) is 2.23. The van der Waals surface area contributed by atoms with Gasteiger partial charge in [-0.15, -0.1) is 11.8 Å². The smallest absolute Gasteiger partial charge is 0.181 e. The van der Waals surface area contributed by atoms with Gasteiger partial charge < -0.3 is 5.73 Å². The maximum absolute atomic E-state index is 12.1. The molecule has 1 aromatic heterocycles. The molecule has 2 N–H and O–H groups in total. The van der Waals surface area contributed by atoms with E-state index in [1.54, 1.807) is 0 Å². The van der Waals surface area contributed by atoms with Crippen LogP contribution < -0.4 is 5.73 Å². The molecule has 0 unspecified atom stereocenters. The number of rotatable bonds is 5. The summed E-state index contributed by atoms with van der Waals surface area (Å²) in [5.41, 5.74) is 5.84. The molecule has 0 amide bonds. The molecule has 0 radical (unpaired) electrons. The summed E-state index contributed by atoms with van der Waals surface area (Å²) in [6.07, 6.45) is 2.80. The molecule has 0 saturated heterocycles. The quantitative estimate of drug-likeness (QED) is 0.856. The number of sulfone groups is 1. The molecule has 0 atom stereocenters. The van der Waals surface area contributed by atoms with Crippen LogP contribution in [0.5, 0.6) is 0 Å². The Hall–Kier alpha value is -1.53. The van der Waals surface area contributed by atoms with Crippen LogP contribution in [0.15, 0.2) is 58.6 Å². The van der Waals surface area contributed by atoms with Gasteiger partial charge >= 0.3 is 0 Å². The minimum Gasteiger partial charge on any atom is -0.396 e. The van der Waals surface area contributed by atoms with E-state index < -0.39 is 9.84 Å². The number of thioether (sulfide) groups is 1. The van der Waals surface area contributed by atoms with Gasteiger partial charge in [0.05, 0.1) is 22.5 Å². The monoisotopic (exact) mass is 294 g/mol. The van der Waals surface area contributed by atoms with Crippen molar-refractivity contribution >= 4 is 27.3 Å². The molecule has 1 heterocycles. The largest absolute Gasteiger partial charge is 0.396 e. The van der Waals surface area contributed by atoms with Crippen molar-refractivity contribution < 1.29 is 8.42 Å². The summed E-state index contributed by atoms with van der Waals surface area (Å²) in [6.45, 7) is 0. The van der Waals surface area contributed by atoms with Crippen molar-refractivity contribution in [2.24, 2.45) is 0 Å².